The van der Waals surface area contributed by atoms with Crippen LogP contribution in [0.1, 0.15) is 38.2 Å². The Bertz CT molecular complexity index is 244. The van der Waals surface area contributed by atoms with Gasteiger partial charge < -0.3 is 0 Å². The van der Waals surface area contributed by atoms with Gasteiger partial charge in [0.05, 0.1) is 0 Å². The molecule has 1 atom stereocenters. The Morgan fingerprint density at radius 2 is 1.69 bits per heavy atom. The largest absolute Gasteiger partial charge is 0.147 e. The van der Waals surface area contributed by atoms with Crippen LogP contribution in [0.25, 0.3) is 0 Å². The van der Waals surface area contributed by atoms with E-state index in [2.05, 4.69) is 47.4 Å². The summed E-state index contributed by atoms with van der Waals surface area (Å²) in [7, 11) is 2.81. The third-order valence-corrected chi connectivity index (χ3v) is 2.95. The van der Waals surface area contributed by atoms with Gasteiger partial charge in [0.1, 0.15) is 0 Å². The summed E-state index contributed by atoms with van der Waals surface area (Å²) >= 11 is 0. The average molecular weight is 217 g/mol. The number of hydrogen-bond donors (Lipinski definition) is 0. The van der Waals surface area contributed by atoms with Crippen LogP contribution < -0.4 is 5.30 Å². The Morgan fingerprint density at radius 1 is 1.15 bits per heavy atom. The molecule has 0 bridgehead atoms. The lowest BCUT2D eigenvalue weighted by molar-refractivity contribution is 0.645. The highest BCUT2D eigenvalue weighted by Gasteiger charge is 2.07. The van der Waals surface area contributed by atoms with Crippen molar-refractivity contribution in [2.24, 2.45) is 0 Å². The molecule has 0 N–H and O–H groups in total. The van der Waals surface area contributed by atoms with E-state index >= 15 is 0 Å². The molecule has 0 aliphatic rings. The zero-order valence-corrected chi connectivity index (χ0v) is 10.3. The van der Waals surface area contributed by atoms with Crippen molar-refractivity contribution in [2.75, 3.05) is 0 Å². The molecule has 74 valence electrons. The van der Waals surface area contributed by atoms with E-state index in [-0.39, 0.29) is 12.4 Å². The zero-order valence-electron chi connectivity index (χ0n) is 8.29. The van der Waals surface area contributed by atoms with E-state index in [9.17, 15) is 0 Å². The van der Waals surface area contributed by atoms with Crippen LogP contribution in [0.3, 0.4) is 0 Å². The number of benzene rings is 1. The molecule has 0 aromatic heterocycles. The highest BCUT2D eigenvalue weighted by Crippen LogP contribution is 2.21. The molecular weight excluding hydrogens is 199 g/mol. The summed E-state index contributed by atoms with van der Waals surface area (Å²) in [5.41, 5.74) is 1.49. The summed E-state index contributed by atoms with van der Waals surface area (Å²) in [6.45, 7) is 4.51. The minimum atomic E-state index is 0. The molecule has 1 aromatic carbocycles. The highest BCUT2D eigenvalue weighted by atomic mass is 35.5. The van der Waals surface area contributed by atoms with Crippen molar-refractivity contribution in [1.82, 2.24) is 0 Å². The van der Waals surface area contributed by atoms with Crippen molar-refractivity contribution in [2.45, 2.75) is 32.6 Å². The van der Waals surface area contributed by atoms with Gasteiger partial charge in [-0.2, -0.15) is 0 Å². The topological polar surface area (TPSA) is 0 Å². The molecule has 0 heterocycles. The molecule has 0 nitrogen and oxygen atoms in total. The molecule has 0 aliphatic carbocycles. The minimum Gasteiger partial charge on any atom is -0.147 e. The first-order chi connectivity index (χ1) is 5.79. The van der Waals surface area contributed by atoms with Crippen LogP contribution in [0, 0.1) is 0 Å². The summed E-state index contributed by atoms with van der Waals surface area (Å²) in [5.74, 6) is 0.735. The van der Waals surface area contributed by atoms with Crippen molar-refractivity contribution in [3.05, 3.63) is 29.8 Å². The van der Waals surface area contributed by atoms with E-state index in [4.69, 9.17) is 0 Å². The normalized spacial score (nSPS) is 9.85. The van der Waals surface area contributed by atoms with Gasteiger partial charge in [0, 0.05) is 0 Å². The van der Waals surface area contributed by atoms with Gasteiger partial charge in [-0.05, 0) is 29.6 Å². The van der Waals surface area contributed by atoms with Crippen LogP contribution in [-0.2, 0) is 0 Å². The maximum absolute atomic E-state index is 2.81. The van der Waals surface area contributed by atoms with Crippen molar-refractivity contribution in [1.29, 1.82) is 0 Å². The SMILES string of the molecule is CCC(CC)c1ccccc1P.Cl. The first-order valence-corrected chi connectivity index (χ1v) is 5.21. The molecule has 0 amide bonds. The monoisotopic (exact) mass is 216 g/mol. The summed E-state index contributed by atoms with van der Waals surface area (Å²) in [6.07, 6.45) is 2.48. The quantitative estimate of drug-likeness (QED) is 0.679. The third kappa shape index (κ3) is 3.29. The summed E-state index contributed by atoms with van der Waals surface area (Å²) in [4.78, 5) is 0. The lowest BCUT2D eigenvalue weighted by Gasteiger charge is -2.14. The van der Waals surface area contributed by atoms with Gasteiger partial charge in [-0.15, -0.1) is 21.6 Å². The minimum absolute atomic E-state index is 0. The molecule has 0 saturated heterocycles. The first-order valence-electron chi connectivity index (χ1n) is 4.64. The predicted octanol–water partition coefficient (Wildman–Crippen LogP) is 3.51. The van der Waals surface area contributed by atoms with E-state index in [1.54, 1.807) is 0 Å². The first kappa shape index (κ1) is 12.9. The number of rotatable bonds is 3. The molecule has 1 rings (SSSR count). The second-order valence-corrected chi connectivity index (χ2v) is 3.76. The summed E-state index contributed by atoms with van der Waals surface area (Å²) < 4.78 is 0. The molecule has 0 radical (unpaired) electrons. The molecule has 0 saturated carbocycles. The molecule has 2 heteroatoms. The van der Waals surface area contributed by atoms with Gasteiger partial charge in [0.15, 0.2) is 0 Å². The number of hydrogen-bond acceptors (Lipinski definition) is 0. The van der Waals surface area contributed by atoms with Crippen LogP contribution in [0.15, 0.2) is 24.3 Å². The molecule has 13 heavy (non-hydrogen) atoms. The van der Waals surface area contributed by atoms with Gasteiger partial charge in [-0.25, -0.2) is 0 Å². The Labute approximate surface area is 89.7 Å². The van der Waals surface area contributed by atoms with Gasteiger partial charge in [-0.3, -0.25) is 0 Å². The van der Waals surface area contributed by atoms with Crippen LogP contribution in [0.5, 0.6) is 0 Å². The Kier molecular flexibility index (Phi) is 6.37. The molecule has 1 aromatic rings. The van der Waals surface area contributed by atoms with Gasteiger partial charge in [-0.1, -0.05) is 38.1 Å². The second kappa shape index (κ2) is 6.40. The number of halogens is 1. The standard InChI is InChI=1S/C11H17P.ClH/c1-3-9(4-2)10-7-5-6-8-11(10)12;/h5-9H,3-4,12H2,1-2H3;1H. The lowest BCUT2D eigenvalue weighted by Crippen LogP contribution is -2.06. The van der Waals surface area contributed by atoms with Crippen molar-refractivity contribution in [3.8, 4) is 0 Å². The van der Waals surface area contributed by atoms with Gasteiger partial charge in [0.2, 0.25) is 0 Å². The Morgan fingerprint density at radius 3 is 2.15 bits per heavy atom. The van der Waals surface area contributed by atoms with E-state index < -0.39 is 0 Å². The van der Waals surface area contributed by atoms with E-state index in [0.29, 0.717) is 0 Å². The summed E-state index contributed by atoms with van der Waals surface area (Å²) in [5, 5.41) is 1.35. The smallest absolute Gasteiger partial charge is 0.0161 e. The Hall–Kier alpha value is -0.0600. The second-order valence-electron chi connectivity index (χ2n) is 3.14. The Balaban J connectivity index is 0.00000144. The molecule has 0 spiro atoms. The maximum atomic E-state index is 2.81. The fourth-order valence-electron chi connectivity index (χ4n) is 1.61. The van der Waals surface area contributed by atoms with E-state index in [0.717, 1.165) is 5.92 Å². The molecule has 0 aliphatic heterocycles. The molecule has 1 unspecified atom stereocenters. The maximum Gasteiger partial charge on any atom is -0.0161 e. The zero-order chi connectivity index (χ0) is 8.97. The van der Waals surface area contributed by atoms with Crippen molar-refractivity contribution in [3.63, 3.8) is 0 Å². The van der Waals surface area contributed by atoms with Crippen molar-refractivity contribution >= 4 is 27.0 Å². The van der Waals surface area contributed by atoms with Crippen LogP contribution >= 0.6 is 21.6 Å². The third-order valence-electron chi connectivity index (χ3n) is 2.42. The van der Waals surface area contributed by atoms with Crippen molar-refractivity contribution < 1.29 is 0 Å². The van der Waals surface area contributed by atoms with Crippen LogP contribution in [0.4, 0.5) is 0 Å². The fraction of sp³-hybridized carbons (Fsp3) is 0.455. The summed E-state index contributed by atoms with van der Waals surface area (Å²) in [6, 6.07) is 8.62. The van der Waals surface area contributed by atoms with E-state index in [1.807, 2.05) is 0 Å². The average Bonchev–Trinajstić information content (AvgIpc) is 2.10. The predicted molar refractivity (Wildman–Crippen MR) is 66.4 cm³/mol. The van der Waals surface area contributed by atoms with Crippen LogP contribution in [0.2, 0.25) is 0 Å². The van der Waals surface area contributed by atoms with E-state index in [1.165, 1.54) is 23.7 Å². The van der Waals surface area contributed by atoms with Gasteiger partial charge in [0.25, 0.3) is 0 Å². The highest BCUT2D eigenvalue weighted by molar-refractivity contribution is 7.27. The lowest BCUT2D eigenvalue weighted by atomic mass is 9.94. The fourth-order valence-corrected chi connectivity index (χ4v) is 2.05. The molecular formula is C11H18ClP. The van der Waals surface area contributed by atoms with Crippen LogP contribution in [-0.4, -0.2) is 0 Å². The molecule has 0 fully saturated rings. The van der Waals surface area contributed by atoms with Gasteiger partial charge >= 0.3 is 0 Å².